The summed E-state index contributed by atoms with van der Waals surface area (Å²) in [6.45, 7) is 1.83. The molecule has 0 atom stereocenters. The lowest BCUT2D eigenvalue weighted by Gasteiger charge is -2.10. The van der Waals surface area contributed by atoms with Gasteiger partial charge in [0.25, 0.3) is 0 Å². The molecule has 0 bridgehead atoms. The number of ether oxygens (including phenoxy) is 1. The fourth-order valence-corrected chi connectivity index (χ4v) is 3.67. The molecule has 0 saturated heterocycles. The smallest absolute Gasteiger partial charge is 0.432 e. The van der Waals surface area contributed by atoms with Gasteiger partial charge in [0.05, 0.1) is 18.2 Å². The lowest BCUT2D eigenvalue weighted by molar-refractivity contribution is -0.142. The Bertz CT molecular complexity index is 1300. The molecule has 152 valence electrons. The fourth-order valence-electron chi connectivity index (χ4n) is 3.67. The molecule has 4 nitrogen and oxygen atoms in total. The summed E-state index contributed by atoms with van der Waals surface area (Å²) < 4.78 is 47.7. The van der Waals surface area contributed by atoms with Crippen LogP contribution in [-0.2, 0) is 10.9 Å². The van der Waals surface area contributed by atoms with E-state index in [2.05, 4.69) is 4.74 Å². The average Bonchev–Trinajstić information content (AvgIpc) is 3.09. The second-order valence-electron chi connectivity index (χ2n) is 6.90. The minimum atomic E-state index is -4.89. The highest BCUT2D eigenvalue weighted by molar-refractivity contribution is 6.22. The fraction of sp³-hybridized carbons (Fsp3) is 0.130. The molecule has 0 aliphatic heterocycles. The average molecular weight is 411 g/mol. The van der Waals surface area contributed by atoms with Crippen LogP contribution in [0.1, 0.15) is 37.5 Å². The Morgan fingerprint density at radius 3 is 2.23 bits per heavy atom. The summed E-state index contributed by atoms with van der Waals surface area (Å²) in [5, 5.41) is 1.07. The molecular formula is C23H16F3NO3. The van der Waals surface area contributed by atoms with Crippen molar-refractivity contribution in [1.82, 2.24) is 4.40 Å². The minimum Gasteiger partial charge on any atom is -0.465 e. The second-order valence-corrected chi connectivity index (χ2v) is 6.90. The molecule has 0 N–H and O–H groups in total. The van der Waals surface area contributed by atoms with E-state index in [1.165, 1.54) is 24.4 Å². The molecule has 2 heterocycles. The second kappa shape index (κ2) is 7.02. The maximum atomic E-state index is 14.1. The number of fused-ring (bicyclic) bond motifs is 3. The number of methoxy groups -OCH3 is 1. The first-order chi connectivity index (χ1) is 14.2. The highest BCUT2D eigenvalue weighted by atomic mass is 19.4. The highest BCUT2D eigenvalue weighted by Crippen LogP contribution is 2.40. The van der Waals surface area contributed by atoms with Crippen LogP contribution in [0.25, 0.3) is 16.3 Å². The summed E-state index contributed by atoms with van der Waals surface area (Å²) in [4.78, 5) is 25.9. The van der Waals surface area contributed by atoms with Gasteiger partial charge >= 0.3 is 12.1 Å². The molecule has 0 aliphatic rings. The van der Waals surface area contributed by atoms with E-state index < -0.39 is 29.2 Å². The zero-order valence-electron chi connectivity index (χ0n) is 16.1. The van der Waals surface area contributed by atoms with Crippen LogP contribution in [0.15, 0.2) is 60.8 Å². The van der Waals surface area contributed by atoms with Gasteiger partial charge < -0.3 is 9.14 Å². The van der Waals surface area contributed by atoms with Crippen molar-refractivity contribution in [3.63, 3.8) is 0 Å². The summed E-state index contributed by atoms with van der Waals surface area (Å²) in [5.74, 6) is -1.90. The molecule has 0 aliphatic carbocycles. The summed E-state index contributed by atoms with van der Waals surface area (Å²) in [7, 11) is 0.989. The van der Waals surface area contributed by atoms with E-state index in [0.29, 0.717) is 10.8 Å². The number of alkyl halides is 3. The summed E-state index contributed by atoms with van der Waals surface area (Å²) >= 11 is 0. The lowest BCUT2D eigenvalue weighted by atomic mass is 9.97. The van der Waals surface area contributed by atoms with Crippen molar-refractivity contribution in [1.29, 1.82) is 0 Å². The van der Waals surface area contributed by atoms with E-state index >= 15 is 0 Å². The molecule has 2 aromatic heterocycles. The quantitative estimate of drug-likeness (QED) is 0.333. The number of hydrogen-bond donors (Lipinski definition) is 0. The van der Waals surface area contributed by atoms with Crippen LogP contribution < -0.4 is 0 Å². The van der Waals surface area contributed by atoms with Crippen LogP contribution in [0.2, 0.25) is 0 Å². The van der Waals surface area contributed by atoms with Crippen LogP contribution >= 0.6 is 0 Å². The zero-order chi connectivity index (χ0) is 21.6. The molecule has 7 heteroatoms. The van der Waals surface area contributed by atoms with Gasteiger partial charge in [0.2, 0.25) is 0 Å². The van der Waals surface area contributed by atoms with Crippen molar-refractivity contribution in [3.8, 4) is 0 Å². The summed E-state index contributed by atoms with van der Waals surface area (Å²) in [5.41, 5.74) is -1.25. The minimum absolute atomic E-state index is 0.0198. The molecule has 0 fully saturated rings. The Labute approximate surface area is 169 Å². The number of aromatic nitrogens is 1. The standard InChI is InChI=1S/C23H16F3NO3/c1-13-7-9-15(10-8-13)20(28)17-18(22(29)30-2)21(23(24,25)26)27-12-11-14-5-3-4-6-16(14)19(17)27/h3-12H,1-2H3. The molecule has 0 radical (unpaired) electrons. The highest BCUT2D eigenvalue weighted by Gasteiger charge is 2.43. The number of halogens is 3. The van der Waals surface area contributed by atoms with Crippen LogP contribution in [-0.4, -0.2) is 23.3 Å². The first kappa shape index (κ1) is 19.7. The van der Waals surface area contributed by atoms with E-state index in [1.54, 1.807) is 36.4 Å². The number of nitrogens with zero attached hydrogens (tertiary/aromatic N) is 1. The van der Waals surface area contributed by atoms with Gasteiger partial charge in [-0.25, -0.2) is 4.79 Å². The van der Waals surface area contributed by atoms with Gasteiger partial charge in [-0.05, 0) is 18.4 Å². The van der Waals surface area contributed by atoms with Gasteiger partial charge in [-0.15, -0.1) is 0 Å². The largest absolute Gasteiger partial charge is 0.465 e. The van der Waals surface area contributed by atoms with Crippen molar-refractivity contribution < 1.29 is 27.5 Å². The predicted molar refractivity (Wildman–Crippen MR) is 106 cm³/mol. The number of carbonyl (C=O) groups is 2. The van der Waals surface area contributed by atoms with E-state index in [0.717, 1.165) is 17.1 Å². The third-order valence-corrected chi connectivity index (χ3v) is 5.02. The topological polar surface area (TPSA) is 47.8 Å². The monoisotopic (exact) mass is 411 g/mol. The number of ketones is 1. The summed E-state index contributed by atoms with van der Waals surface area (Å²) in [6.07, 6.45) is -3.67. The number of rotatable bonds is 3. The number of pyridine rings is 1. The van der Waals surface area contributed by atoms with Crippen molar-refractivity contribution in [2.45, 2.75) is 13.1 Å². The van der Waals surface area contributed by atoms with E-state index in [9.17, 15) is 22.8 Å². The Morgan fingerprint density at radius 2 is 1.60 bits per heavy atom. The van der Waals surface area contributed by atoms with Crippen molar-refractivity contribution in [3.05, 3.63) is 88.7 Å². The molecule has 0 unspecified atom stereocenters. The lowest BCUT2D eigenvalue weighted by Crippen LogP contribution is -2.17. The van der Waals surface area contributed by atoms with Crippen LogP contribution in [0.5, 0.6) is 0 Å². The molecule has 2 aromatic carbocycles. The normalized spacial score (nSPS) is 11.8. The third kappa shape index (κ3) is 3.03. The van der Waals surface area contributed by atoms with E-state index in [4.69, 9.17) is 0 Å². The first-order valence-electron chi connectivity index (χ1n) is 9.06. The Kier molecular flexibility index (Phi) is 4.61. The van der Waals surface area contributed by atoms with Crippen molar-refractivity contribution >= 4 is 28.0 Å². The number of aryl methyl sites for hydroxylation is 1. The van der Waals surface area contributed by atoms with Crippen LogP contribution in [0.3, 0.4) is 0 Å². The number of carbonyl (C=O) groups excluding carboxylic acids is 2. The zero-order valence-corrected chi connectivity index (χ0v) is 16.1. The van der Waals surface area contributed by atoms with Crippen molar-refractivity contribution in [2.24, 2.45) is 0 Å². The van der Waals surface area contributed by atoms with Gasteiger partial charge in [0.15, 0.2) is 5.78 Å². The van der Waals surface area contributed by atoms with E-state index in [1.807, 2.05) is 6.92 Å². The van der Waals surface area contributed by atoms with Crippen LogP contribution in [0, 0.1) is 6.92 Å². The van der Waals surface area contributed by atoms with Crippen LogP contribution in [0.4, 0.5) is 13.2 Å². The Hall–Kier alpha value is -3.61. The number of hydrogen-bond acceptors (Lipinski definition) is 3. The van der Waals surface area contributed by atoms with E-state index in [-0.39, 0.29) is 16.6 Å². The SMILES string of the molecule is COC(=O)c1c(C(=O)c2ccc(C)cc2)c2c3ccccc3ccn2c1C(F)(F)F. The Morgan fingerprint density at radius 1 is 0.933 bits per heavy atom. The maximum absolute atomic E-state index is 14.1. The predicted octanol–water partition coefficient (Wildman–Crippen LogP) is 5.44. The van der Waals surface area contributed by atoms with Crippen molar-refractivity contribution in [2.75, 3.05) is 7.11 Å². The molecule has 30 heavy (non-hydrogen) atoms. The number of esters is 1. The third-order valence-electron chi connectivity index (χ3n) is 5.02. The summed E-state index contributed by atoms with van der Waals surface area (Å²) in [6, 6.07) is 14.7. The first-order valence-corrected chi connectivity index (χ1v) is 9.06. The number of benzene rings is 2. The molecule has 4 rings (SSSR count). The van der Waals surface area contributed by atoms with Gasteiger partial charge in [-0.3, -0.25) is 4.79 Å². The molecular weight excluding hydrogens is 395 g/mol. The van der Waals surface area contributed by atoms with Gasteiger partial charge in [-0.1, -0.05) is 54.1 Å². The van der Waals surface area contributed by atoms with Gasteiger partial charge in [-0.2, -0.15) is 13.2 Å². The Balaban J connectivity index is 2.20. The van der Waals surface area contributed by atoms with Gasteiger partial charge in [0, 0.05) is 17.1 Å². The maximum Gasteiger partial charge on any atom is 0.432 e. The van der Waals surface area contributed by atoms with Gasteiger partial charge in [0.1, 0.15) is 11.3 Å². The molecule has 0 spiro atoms. The molecule has 0 saturated carbocycles. The molecule has 0 amide bonds. The molecule has 4 aromatic rings.